The molecule has 0 aromatic heterocycles. The second-order valence-corrected chi connectivity index (χ2v) is 7.09. The maximum absolute atomic E-state index is 13.3. The van der Waals surface area contributed by atoms with Gasteiger partial charge in [0, 0.05) is 5.69 Å². The number of carbonyl (C=O) groups is 2. The Hall–Kier alpha value is -4.07. The molecule has 0 aliphatic carbocycles. The van der Waals surface area contributed by atoms with Gasteiger partial charge >= 0.3 is 6.36 Å². The Labute approximate surface area is 181 Å². The van der Waals surface area contributed by atoms with Gasteiger partial charge in [-0.25, -0.2) is 4.90 Å². The van der Waals surface area contributed by atoms with E-state index in [0.717, 1.165) is 22.6 Å². The van der Waals surface area contributed by atoms with Crippen LogP contribution in [0, 0.1) is 6.92 Å². The van der Waals surface area contributed by atoms with E-state index in [1.54, 1.807) is 42.5 Å². The number of hydrogen-bond donors (Lipinski definition) is 1. The first kappa shape index (κ1) is 21.2. The topological polar surface area (TPSA) is 58.6 Å². The number of halogens is 3. The number of carbonyl (C=O) groups excluding carboxylic acids is 2. The lowest BCUT2D eigenvalue weighted by Crippen LogP contribution is -2.32. The standard InChI is InChI=1S/C24H17F3N2O3/c1-15-7-9-16(10-8-15)20-21(23(31)29(22(20)30)18-5-3-2-4-6-18)28-17-11-13-19(14-12-17)32-24(25,26)27/h2-14,28H,1H3. The van der Waals surface area contributed by atoms with Crippen LogP contribution < -0.4 is 15.0 Å². The van der Waals surface area contributed by atoms with E-state index in [1.165, 1.54) is 12.1 Å². The van der Waals surface area contributed by atoms with Crippen LogP contribution in [-0.2, 0) is 9.59 Å². The molecular formula is C24H17F3N2O3. The van der Waals surface area contributed by atoms with Crippen molar-refractivity contribution in [3.8, 4) is 5.75 Å². The van der Waals surface area contributed by atoms with Crippen molar-refractivity contribution in [3.63, 3.8) is 0 Å². The largest absolute Gasteiger partial charge is 0.573 e. The molecule has 0 fully saturated rings. The molecule has 1 heterocycles. The SMILES string of the molecule is Cc1ccc(C2=C(Nc3ccc(OC(F)(F)F)cc3)C(=O)N(c3ccccc3)C2=O)cc1. The van der Waals surface area contributed by atoms with Crippen LogP contribution >= 0.6 is 0 Å². The van der Waals surface area contributed by atoms with Gasteiger partial charge in [0.2, 0.25) is 0 Å². The summed E-state index contributed by atoms with van der Waals surface area (Å²) in [6.45, 7) is 1.90. The van der Waals surface area contributed by atoms with Gasteiger partial charge in [-0.3, -0.25) is 9.59 Å². The Balaban J connectivity index is 1.72. The van der Waals surface area contributed by atoms with Crippen LogP contribution in [0.4, 0.5) is 24.5 Å². The third-order valence-electron chi connectivity index (χ3n) is 4.80. The second kappa shape index (κ2) is 8.22. The maximum Gasteiger partial charge on any atom is 0.573 e. The highest BCUT2D eigenvalue weighted by Crippen LogP contribution is 2.34. The minimum atomic E-state index is -4.81. The van der Waals surface area contributed by atoms with Crippen molar-refractivity contribution in [1.29, 1.82) is 0 Å². The van der Waals surface area contributed by atoms with Crippen LogP contribution in [0.1, 0.15) is 11.1 Å². The molecule has 1 aliphatic rings. The molecule has 0 radical (unpaired) electrons. The average Bonchev–Trinajstić information content (AvgIpc) is 2.99. The maximum atomic E-state index is 13.3. The number of hydrogen-bond acceptors (Lipinski definition) is 4. The van der Waals surface area contributed by atoms with E-state index >= 15 is 0 Å². The molecule has 0 spiro atoms. The fourth-order valence-electron chi connectivity index (χ4n) is 3.33. The minimum Gasteiger partial charge on any atom is -0.406 e. The number of benzene rings is 3. The van der Waals surface area contributed by atoms with Crippen LogP contribution in [-0.4, -0.2) is 18.2 Å². The summed E-state index contributed by atoms with van der Waals surface area (Å²) in [5.41, 5.74) is 2.49. The number of anilines is 2. The third-order valence-corrected chi connectivity index (χ3v) is 4.80. The highest BCUT2D eigenvalue weighted by molar-refractivity contribution is 6.46. The molecule has 2 amide bonds. The van der Waals surface area contributed by atoms with E-state index in [2.05, 4.69) is 10.1 Å². The Morgan fingerprint density at radius 2 is 1.44 bits per heavy atom. The predicted octanol–water partition coefficient (Wildman–Crippen LogP) is 5.29. The summed E-state index contributed by atoms with van der Waals surface area (Å²) in [7, 11) is 0. The lowest BCUT2D eigenvalue weighted by Gasteiger charge is -2.15. The van der Waals surface area contributed by atoms with Crippen LogP contribution in [0.5, 0.6) is 5.75 Å². The number of alkyl halides is 3. The first-order valence-corrected chi connectivity index (χ1v) is 9.61. The smallest absolute Gasteiger partial charge is 0.406 e. The summed E-state index contributed by atoms with van der Waals surface area (Å²) in [5, 5.41) is 2.90. The van der Waals surface area contributed by atoms with Crippen molar-refractivity contribution in [2.24, 2.45) is 0 Å². The fourth-order valence-corrected chi connectivity index (χ4v) is 3.33. The van der Waals surface area contributed by atoms with E-state index in [-0.39, 0.29) is 11.3 Å². The third kappa shape index (κ3) is 4.34. The van der Waals surface area contributed by atoms with Crippen molar-refractivity contribution >= 4 is 28.8 Å². The van der Waals surface area contributed by atoms with Gasteiger partial charge < -0.3 is 10.1 Å². The molecule has 162 valence electrons. The number of imide groups is 1. The van der Waals surface area contributed by atoms with E-state index in [9.17, 15) is 22.8 Å². The van der Waals surface area contributed by atoms with Gasteiger partial charge in [0.05, 0.1) is 11.3 Å². The van der Waals surface area contributed by atoms with E-state index < -0.39 is 23.9 Å². The highest BCUT2D eigenvalue weighted by atomic mass is 19.4. The zero-order valence-corrected chi connectivity index (χ0v) is 16.8. The minimum absolute atomic E-state index is 0.0344. The zero-order chi connectivity index (χ0) is 22.9. The Bertz CT molecular complexity index is 1190. The predicted molar refractivity (Wildman–Crippen MR) is 114 cm³/mol. The summed E-state index contributed by atoms with van der Waals surface area (Å²) >= 11 is 0. The van der Waals surface area contributed by atoms with Gasteiger partial charge in [-0.2, -0.15) is 0 Å². The summed E-state index contributed by atoms with van der Waals surface area (Å²) in [6, 6.07) is 20.6. The normalized spacial score (nSPS) is 14.2. The van der Waals surface area contributed by atoms with Crippen LogP contribution in [0.15, 0.2) is 84.6 Å². The molecule has 0 saturated carbocycles. The lowest BCUT2D eigenvalue weighted by atomic mass is 10.0. The summed E-state index contributed by atoms with van der Waals surface area (Å²) in [5.74, 6) is -1.45. The van der Waals surface area contributed by atoms with Gasteiger partial charge in [0.15, 0.2) is 0 Å². The molecule has 32 heavy (non-hydrogen) atoms. The molecule has 1 N–H and O–H groups in total. The number of amides is 2. The molecule has 4 rings (SSSR count). The van der Waals surface area contributed by atoms with Crippen molar-refractivity contribution in [3.05, 3.63) is 95.7 Å². The second-order valence-electron chi connectivity index (χ2n) is 7.09. The van der Waals surface area contributed by atoms with E-state index in [0.29, 0.717) is 16.9 Å². The van der Waals surface area contributed by atoms with E-state index in [4.69, 9.17) is 0 Å². The number of rotatable bonds is 5. The Morgan fingerprint density at radius 1 is 0.812 bits per heavy atom. The molecule has 0 atom stereocenters. The molecule has 0 saturated heterocycles. The molecule has 3 aromatic carbocycles. The first-order valence-electron chi connectivity index (χ1n) is 9.61. The molecule has 8 heteroatoms. The van der Waals surface area contributed by atoms with E-state index in [1.807, 2.05) is 19.1 Å². The average molecular weight is 438 g/mol. The number of aryl methyl sites for hydroxylation is 1. The lowest BCUT2D eigenvalue weighted by molar-refractivity contribution is -0.274. The monoisotopic (exact) mass is 438 g/mol. The summed E-state index contributed by atoms with van der Waals surface area (Å²) < 4.78 is 41.1. The van der Waals surface area contributed by atoms with Crippen molar-refractivity contribution in [1.82, 2.24) is 0 Å². The molecule has 3 aromatic rings. The van der Waals surface area contributed by atoms with Gasteiger partial charge in [0.1, 0.15) is 11.4 Å². The number of nitrogens with one attached hydrogen (secondary N) is 1. The summed E-state index contributed by atoms with van der Waals surface area (Å²) in [4.78, 5) is 27.6. The molecular weight excluding hydrogens is 421 g/mol. The van der Waals surface area contributed by atoms with Crippen molar-refractivity contribution in [2.75, 3.05) is 10.2 Å². The highest BCUT2D eigenvalue weighted by Gasteiger charge is 2.40. The molecule has 0 unspecified atom stereocenters. The van der Waals surface area contributed by atoms with Gasteiger partial charge in [-0.05, 0) is 48.9 Å². The fraction of sp³-hybridized carbons (Fsp3) is 0.0833. The van der Waals surface area contributed by atoms with Gasteiger partial charge in [-0.15, -0.1) is 13.2 Å². The molecule has 5 nitrogen and oxygen atoms in total. The van der Waals surface area contributed by atoms with Crippen LogP contribution in [0.2, 0.25) is 0 Å². The first-order chi connectivity index (χ1) is 15.2. The Kier molecular flexibility index (Phi) is 5.44. The van der Waals surface area contributed by atoms with Gasteiger partial charge in [0.25, 0.3) is 11.8 Å². The van der Waals surface area contributed by atoms with Crippen molar-refractivity contribution < 1.29 is 27.5 Å². The molecule has 1 aliphatic heterocycles. The Morgan fingerprint density at radius 3 is 2.03 bits per heavy atom. The number of ether oxygens (including phenoxy) is 1. The van der Waals surface area contributed by atoms with Gasteiger partial charge in [-0.1, -0.05) is 48.0 Å². The number of para-hydroxylation sites is 1. The zero-order valence-electron chi connectivity index (χ0n) is 16.8. The van der Waals surface area contributed by atoms with Crippen LogP contribution in [0.25, 0.3) is 5.57 Å². The summed E-state index contributed by atoms with van der Waals surface area (Å²) in [6.07, 6.45) is -4.81. The van der Waals surface area contributed by atoms with Crippen LogP contribution in [0.3, 0.4) is 0 Å². The number of nitrogens with zero attached hydrogens (tertiary/aromatic N) is 1. The quantitative estimate of drug-likeness (QED) is 0.550. The van der Waals surface area contributed by atoms with Crippen molar-refractivity contribution in [2.45, 2.75) is 13.3 Å². The molecule has 0 bridgehead atoms.